The number of hydrogen-bond acceptors (Lipinski definition) is 3. The van der Waals surface area contributed by atoms with Crippen molar-refractivity contribution >= 4 is 33.0 Å². The van der Waals surface area contributed by atoms with E-state index < -0.39 is 0 Å². The highest BCUT2D eigenvalue weighted by Crippen LogP contribution is 2.44. The Labute approximate surface area is 91.0 Å². The molecular formula is C10H9ClO2S. The quantitative estimate of drug-likeness (QED) is 0.783. The lowest BCUT2D eigenvalue weighted by Gasteiger charge is -2.00. The second-order valence-electron chi connectivity index (χ2n) is 2.77. The number of thiophene rings is 1. The Bertz CT molecular complexity index is 464. The van der Waals surface area contributed by atoms with Crippen LogP contribution in [0.1, 0.15) is 0 Å². The summed E-state index contributed by atoms with van der Waals surface area (Å²) in [7, 11) is 3.26. The topological polar surface area (TPSA) is 18.5 Å². The number of ether oxygens (including phenoxy) is 2. The largest absolute Gasteiger partial charge is 0.491 e. The first-order chi connectivity index (χ1) is 6.76. The number of hydrogen-bond donors (Lipinski definition) is 0. The molecule has 1 aromatic carbocycles. The SMILES string of the molecule is COc1sc2ccc(Cl)cc2c1OC. The van der Waals surface area contributed by atoms with E-state index in [0.717, 1.165) is 20.9 Å². The molecule has 74 valence electrons. The molecule has 0 spiro atoms. The van der Waals surface area contributed by atoms with Crippen LogP contribution < -0.4 is 9.47 Å². The van der Waals surface area contributed by atoms with E-state index in [1.54, 1.807) is 25.6 Å². The molecule has 0 aliphatic heterocycles. The van der Waals surface area contributed by atoms with E-state index in [-0.39, 0.29) is 0 Å². The van der Waals surface area contributed by atoms with Gasteiger partial charge >= 0.3 is 0 Å². The van der Waals surface area contributed by atoms with Gasteiger partial charge in [-0.15, -0.1) is 0 Å². The van der Waals surface area contributed by atoms with Crippen molar-refractivity contribution in [1.82, 2.24) is 0 Å². The molecule has 0 saturated carbocycles. The van der Waals surface area contributed by atoms with Gasteiger partial charge in [0.05, 0.1) is 14.2 Å². The van der Waals surface area contributed by atoms with Gasteiger partial charge in [-0.25, -0.2) is 0 Å². The zero-order valence-corrected chi connectivity index (χ0v) is 9.41. The summed E-state index contributed by atoms with van der Waals surface area (Å²) in [5.74, 6) is 0.759. The lowest BCUT2D eigenvalue weighted by Crippen LogP contribution is -1.85. The Balaban J connectivity index is 2.74. The van der Waals surface area contributed by atoms with Crippen molar-refractivity contribution in [2.75, 3.05) is 14.2 Å². The fourth-order valence-corrected chi connectivity index (χ4v) is 2.49. The summed E-state index contributed by atoms with van der Waals surface area (Å²) in [6.45, 7) is 0. The Kier molecular flexibility index (Phi) is 2.52. The summed E-state index contributed by atoms with van der Waals surface area (Å²) < 4.78 is 11.6. The van der Waals surface area contributed by atoms with E-state index in [4.69, 9.17) is 21.1 Å². The minimum absolute atomic E-state index is 0.705. The standard InChI is InChI=1S/C10H9ClO2S/c1-12-9-7-5-6(11)3-4-8(7)14-10(9)13-2/h3-5H,1-2H3. The lowest BCUT2D eigenvalue weighted by molar-refractivity contribution is 0.367. The van der Waals surface area contributed by atoms with Crippen LogP contribution in [0.3, 0.4) is 0 Å². The molecule has 1 aromatic heterocycles. The van der Waals surface area contributed by atoms with Crippen molar-refractivity contribution in [3.05, 3.63) is 23.2 Å². The van der Waals surface area contributed by atoms with Gasteiger partial charge in [-0.1, -0.05) is 22.9 Å². The number of halogens is 1. The molecule has 2 aromatic rings. The third kappa shape index (κ3) is 1.42. The van der Waals surface area contributed by atoms with Gasteiger partial charge in [-0.2, -0.15) is 0 Å². The summed E-state index contributed by atoms with van der Waals surface area (Å²) in [6.07, 6.45) is 0. The second kappa shape index (κ2) is 3.67. The fourth-order valence-electron chi connectivity index (χ4n) is 1.35. The van der Waals surface area contributed by atoms with E-state index in [2.05, 4.69) is 0 Å². The smallest absolute Gasteiger partial charge is 0.217 e. The molecule has 2 rings (SSSR count). The van der Waals surface area contributed by atoms with Crippen molar-refractivity contribution < 1.29 is 9.47 Å². The zero-order valence-electron chi connectivity index (χ0n) is 7.83. The molecule has 2 nitrogen and oxygen atoms in total. The van der Waals surface area contributed by atoms with Gasteiger partial charge < -0.3 is 9.47 Å². The summed E-state index contributed by atoms with van der Waals surface area (Å²) in [4.78, 5) is 0. The number of methoxy groups -OCH3 is 2. The molecule has 14 heavy (non-hydrogen) atoms. The van der Waals surface area contributed by atoms with Crippen LogP contribution in [0, 0.1) is 0 Å². The molecule has 0 N–H and O–H groups in total. The van der Waals surface area contributed by atoms with Crippen LogP contribution in [0.25, 0.3) is 10.1 Å². The molecule has 0 unspecified atom stereocenters. The highest BCUT2D eigenvalue weighted by molar-refractivity contribution is 7.21. The summed E-state index contributed by atoms with van der Waals surface area (Å²) in [5.41, 5.74) is 0. The van der Waals surface area contributed by atoms with Crippen LogP contribution in [0.2, 0.25) is 5.02 Å². The molecule has 0 bridgehead atoms. The summed E-state index contributed by atoms with van der Waals surface area (Å²) >= 11 is 7.46. The van der Waals surface area contributed by atoms with Gasteiger partial charge in [0.1, 0.15) is 0 Å². The molecule has 0 radical (unpaired) electrons. The predicted molar refractivity (Wildman–Crippen MR) is 59.9 cm³/mol. The molecule has 0 fully saturated rings. The molecule has 4 heteroatoms. The van der Waals surface area contributed by atoms with E-state index in [0.29, 0.717) is 5.02 Å². The van der Waals surface area contributed by atoms with Crippen LogP contribution in [-0.4, -0.2) is 14.2 Å². The average Bonchev–Trinajstić information content (AvgIpc) is 2.54. The maximum atomic E-state index is 5.91. The zero-order chi connectivity index (χ0) is 10.1. The maximum Gasteiger partial charge on any atom is 0.217 e. The van der Waals surface area contributed by atoms with Crippen molar-refractivity contribution in [1.29, 1.82) is 0 Å². The molecule has 0 saturated heterocycles. The third-order valence-corrected chi connectivity index (χ3v) is 3.31. The Morgan fingerprint density at radius 3 is 2.64 bits per heavy atom. The average molecular weight is 229 g/mol. The number of fused-ring (bicyclic) bond motifs is 1. The molecule has 0 aliphatic carbocycles. The van der Waals surface area contributed by atoms with Crippen LogP contribution in [-0.2, 0) is 0 Å². The third-order valence-electron chi connectivity index (χ3n) is 1.96. The molecular weight excluding hydrogens is 220 g/mol. The van der Waals surface area contributed by atoms with Gasteiger partial charge in [0, 0.05) is 15.1 Å². The maximum absolute atomic E-state index is 5.91. The van der Waals surface area contributed by atoms with Gasteiger partial charge in [0.25, 0.3) is 0 Å². The Morgan fingerprint density at radius 1 is 1.21 bits per heavy atom. The first kappa shape index (κ1) is 9.62. The van der Waals surface area contributed by atoms with Crippen LogP contribution >= 0.6 is 22.9 Å². The molecule has 1 heterocycles. The van der Waals surface area contributed by atoms with E-state index in [1.165, 1.54) is 0 Å². The highest BCUT2D eigenvalue weighted by Gasteiger charge is 2.13. The minimum atomic E-state index is 0.705. The lowest BCUT2D eigenvalue weighted by atomic mass is 10.2. The molecule has 0 aliphatic rings. The Morgan fingerprint density at radius 2 is 2.00 bits per heavy atom. The minimum Gasteiger partial charge on any atom is -0.491 e. The first-order valence-electron chi connectivity index (χ1n) is 4.06. The van der Waals surface area contributed by atoms with Crippen molar-refractivity contribution in [3.8, 4) is 10.8 Å². The van der Waals surface area contributed by atoms with Gasteiger partial charge in [-0.3, -0.25) is 0 Å². The van der Waals surface area contributed by atoms with Gasteiger partial charge in [0.15, 0.2) is 5.75 Å². The van der Waals surface area contributed by atoms with E-state index in [1.807, 2.05) is 18.2 Å². The molecule has 0 atom stereocenters. The van der Waals surface area contributed by atoms with Crippen LogP contribution in [0.5, 0.6) is 10.8 Å². The van der Waals surface area contributed by atoms with Crippen molar-refractivity contribution in [2.24, 2.45) is 0 Å². The van der Waals surface area contributed by atoms with Gasteiger partial charge in [0.2, 0.25) is 5.06 Å². The van der Waals surface area contributed by atoms with E-state index >= 15 is 0 Å². The highest BCUT2D eigenvalue weighted by atomic mass is 35.5. The first-order valence-corrected chi connectivity index (χ1v) is 5.25. The summed E-state index contributed by atoms with van der Waals surface area (Å²) in [6, 6.07) is 5.71. The van der Waals surface area contributed by atoms with Gasteiger partial charge in [-0.05, 0) is 18.2 Å². The monoisotopic (exact) mass is 228 g/mol. The normalized spacial score (nSPS) is 10.5. The second-order valence-corrected chi connectivity index (χ2v) is 4.22. The van der Waals surface area contributed by atoms with Crippen LogP contribution in [0.15, 0.2) is 18.2 Å². The van der Waals surface area contributed by atoms with E-state index in [9.17, 15) is 0 Å². The van der Waals surface area contributed by atoms with Crippen molar-refractivity contribution in [2.45, 2.75) is 0 Å². The predicted octanol–water partition coefficient (Wildman–Crippen LogP) is 3.57. The van der Waals surface area contributed by atoms with Crippen LogP contribution in [0.4, 0.5) is 0 Å². The fraction of sp³-hybridized carbons (Fsp3) is 0.200. The number of benzene rings is 1. The summed E-state index contributed by atoms with van der Waals surface area (Å²) in [5, 5.41) is 2.49. The Hall–Kier alpha value is -0.930. The molecule has 0 amide bonds. The number of rotatable bonds is 2. The van der Waals surface area contributed by atoms with Crippen molar-refractivity contribution in [3.63, 3.8) is 0 Å².